The van der Waals surface area contributed by atoms with Crippen LogP contribution in [-0.2, 0) is 17.9 Å². The van der Waals surface area contributed by atoms with Crippen molar-refractivity contribution in [2.45, 2.75) is 19.6 Å². The predicted molar refractivity (Wildman–Crippen MR) is 90.1 cm³/mol. The van der Waals surface area contributed by atoms with Crippen LogP contribution in [-0.4, -0.2) is 35.6 Å². The van der Waals surface area contributed by atoms with Crippen LogP contribution in [0.2, 0.25) is 0 Å². The number of aromatic nitrogens is 1. The number of carbonyl (C=O) groups excluding carboxylic acids is 1. The normalized spacial score (nSPS) is 17.4. The summed E-state index contributed by atoms with van der Waals surface area (Å²) in [6.07, 6.45) is 2.75. The van der Waals surface area contributed by atoms with E-state index in [0.717, 1.165) is 24.5 Å². The van der Waals surface area contributed by atoms with Gasteiger partial charge in [0.25, 0.3) is 0 Å². The Bertz CT molecular complexity index is 604. The summed E-state index contributed by atoms with van der Waals surface area (Å²) in [5.41, 5.74) is 1.18. The molecule has 2 aromatic rings. The molecule has 2 heterocycles. The van der Waals surface area contributed by atoms with Crippen LogP contribution < -0.4 is 5.32 Å². The molecule has 3 rings (SSSR count). The number of likely N-dealkylation sites (tertiary alicyclic amines) is 1. The van der Waals surface area contributed by atoms with Crippen LogP contribution in [0.15, 0.2) is 41.9 Å². The lowest BCUT2D eigenvalue weighted by atomic mass is 10.1. The van der Waals surface area contributed by atoms with E-state index in [2.05, 4.69) is 22.4 Å². The average Bonchev–Trinajstić information content (AvgIpc) is 3.25. The second kappa shape index (κ2) is 8.08. The van der Waals surface area contributed by atoms with Crippen molar-refractivity contribution >= 4 is 17.4 Å². The fourth-order valence-corrected chi connectivity index (χ4v) is 3.23. The summed E-state index contributed by atoms with van der Waals surface area (Å²) >= 11 is 1.55. The largest absolute Gasteiger partial charge is 0.376 e. The third-order valence-corrected chi connectivity index (χ3v) is 4.69. The van der Waals surface area contributed by atoms with Crippen LogP contribution in [0.25, 0.3) is 0 Å². The second-order valence-corrected chi connectivity index (χ2v) is 6.67. The molecule has 5 nitrogen and oxygen atoms in total. The summed E-state index contributed by atoms with van der Waals surface area (Å²) in [4.78, 5) is 18.2. The number of hydrogen-bond acceptors (Lipinski definition) is 4. The summed E-state index contributed by atoms with van der Waals surface area (Å²) < 4.78 is 5.78. The highest BCUT2D eigenvalue weighted by Crippen LogP contribution is 2.17. The number of thiazole rings is 1. The van der Waals surface area contributed by atoms with E-state index in [1.165, 1.54) is 5.56 Å². The molecule has 0 spiro atoms. The Kier molecular flexibility index (Phi) is 5.60. The van der Waals surface area contributed by atoms with E-state index >= 15 is 0 Å². The molecule has 1 fully saturated rings. The Morgan fingerprint density at radius 2 is 2.26 bits per heavy atom. The SMILES string of the molecule is O=C(NCc1nccs1)N1CCC(COCc2ccccc2)C1. The third kappa shape index (κ3) is 4.77. The smallest absolute Gasteiger partial charge is 0.317 e. The third-order valence-electron chi connectivity index (χ3n) is 3.91. The molecule has 1 aliphatic rings. The minimum Gasteiger partial charge on any atom is -0.376 e. The van der Waals surface area contributed by atoms with E-state index in [9.17, 15) is 4.79 Å². The molecule has 0 radical (unpaired) electrons. The fourth-order valence-electron chi connectivity index (χ4n) is 2.67. The Morgan fingerprint density at radius 3 is 3.04 bits per heavy atom. The zero-order chi connectivity index (χ0) is 15.9. The number of amides is 2. The van der Waals surface area contributed by atoms with Gasteiger partial charge in [0.05, 0.1) is 19.8 Å². The van der Waals surface area contributed by atoms with Gasteiger partial charge in [0.1, 0.15) is 5.01 Å². The molecule has 0 bridgehead atoms. The number of rotatable bonds is 6. The van der Waals surface area contributed by atoms with E-state index in [4.69, 9.17) is 4.74 Å². The van der Waals surface area contributed by atoms with Crippen LogP contribution in [0.1, 0.15) is 17.0 Å². The molecule has 23 heavy (non-hydrogen) atoms. The van der Waals surface area contributed by atoms with Crippen LogP contribution in [0, 0.1) is 5.92 Å². The summed E-state index contributed by atoms with van der Waals surface area (Å²) in [7, 11) is 0. The molecule has 1 aromatic carbocycles. The van der Waals surface area contributed by atoms with Gasteiger partial charge in [0.15, 0.2) is 0 Å². The van der Waals surface area contributed by atoms with Crippen molar-refractivity contribution in [2.24, 2.45) is 5.92 Å². The number of nitrogens with zero attached hydrogens (tertiary/aromatic N) is 2. The topological polar surface area (TPSA) is 54.5 Å². The first-order valence-corrected chi connectivity index (χ1v) is 8.72. The second-order valence-electron chi connectivity index (χ2n) is 5.69. The number of ether oxygens (including phenoxy) is 1. The van der Waals surface area contributed by atoms with Gasteiger partial charge in [0, 0.05) is 30.6 Å². The summed E-state index contributed by atoms with van der Waals surface area (Å²) in [6.45, 7) is 3.39. The summed E-state index contributed by atoms with van der Waals surface area (Å²) in [5, 5.41) is 5.77. The van der Waals surface area contributed by atoms with Gasteiger partial charge in [-0.15, -0.1) is 11.3 Å². The Balaban J connectivity index is 1.35. The molecule has 1 unspecified atom stereocenters. The van der Waals surface area contributed by atoms with Crippen molar-refractivity contribution in [3.63, 3.8) is 0 Å². The van der Waals surface area contributed by atoms with Gasteiger partial charge in [-0.25, -0.2) is 9.78 Å². The predicted octanol–water partition coefficient (Wildman–Crippen LogP) is 2.89. The van der Waals surface area contributed by atoms with Crippen molar-refractivity contribution < 1.29 is 9.53 Å². The van der Waals surface area contributed by atoms with Crippen LogP contribution in [0.5, 0.6) is 0 Å². The molecule has 6 heteroatoms. The van der Waals surface area contributed by atoms with E-state index in [0.29, 0.717) is 25.7 Å². The minimum absolute atomic E-state index is 0.00856. The van der Waals surface area contributed by atoms with Crippen molar-refractivity contribution in [3.8, 4) is 0 Å². The quantitative estimate of drug-likeness (QED) is 0.885. The van der Waals surface area contributed by atoms with Crippen molar-refractivity contribution in [1.82, 2.24) is 15.2 Å². The highest BCUT2D eigenvalue weighted by Gasteiger charge is 2.26. The van der Waals surface area contributed by atoms with E-state index in [1.807, 2.05) is 28.5 Å². The lowest BCUT2D eigenvalue weighted by Crippen LogP contribution is -2.38. The number of nitrogens with one attached hydrogen (secondary N) is 1. The van der Waals surface area contributed by atoms with Crippen molar-refractivity contribution in [2.75, 3.05) is 19.7 Å². The van der Waals surface area contributed by atoms with E-state index in [-0.39, 0.29) is 6.03 Å². The Hall–Kier alpha value is -1.92. The van der Waals surface area contributed by atoms with Gasteiger partial charge in [-0.2, -0.15) is 0 Å². The van der Waals surface area contributed by atoms with Gasteiger partial charge < -0.3 is 15.0 Å². The maximum Gasteiger partial charge on any atom is 0.317 e. The first-order chi connectivity index (χ1) is 11.3. The summed E-state index contributed by atoms with van der Waals surface area (Å²) in [6, 6.07) is 10.2. The van der Waals surface area contributed by atoms with Crippen molar-refractivity contribution in [3.05, 3.63) is 52.5 Å². The lowest BCUT2D eigenvalue weighted by Gasteiger charge is -2.17. The molecule has 2 amide bonds. The highest BCUT2D eigenvalue weighted by atomic mass is 32.1. The molecule has 1 aromatic heterocycles. The fraction of sp³-hybridized carbons (Fsp3) is 0.412. The molecule has 122 valence electrons. The molecule has 1 saturated heterocycles. The number of carbonyl (C=O) groups is 1. The molecule has 0 aliphatic carbocycles. The maximum absolute atomic E-state index is 12.1. The first kappa shape index (κ1) is 16.0. The maximum atomic E-state index is 12.1. The zero-order valence-corrected chi connectivity index (χ0v) is 13.8. The molecule has 0 saturated carbocycles. The molecule has 1 aliphatic heterocycles. The lowest BCUT2D eigenvalue weighted by molar-refractivity contribution is 0.0897. The number of hydrogen-bond donors (Lipinski definition) is 1. The van der Waals surface area contributed by atoms with Gasteiger partial charge in [-0.1, -0.05) is 30.3 Å². The average molecular weight is 331 g/mol. The Labute approximate surface area is 140 Å². The molecule has 1 N–H and O–H groups in total. The first-order valence-electron chi connectivity index (χ1n) is 7.84. The van der Waals surface area contributed by atoms with Gasteiger partial charge >= 0.3 is 6.03 Å². The molecule has 1 atom stereocenters. The van der Waals surface area contributed by atoms with E-state index < -0.39 is 0 Å². The van der Waals surface area contributed by atoms with Gasteiger partial charge in [-0.3, -0.25) is 0 Å². The minimum atomic E-state index is -0.00856. The monoisotopic (exact) mass is 331 g/mol. The van der Waals surface area contributed by atoms with Crippen molar-refractivity contribution in [1.29, 1.82) is 0 Å². The summed E-state index contributed by atoms with van der Waals surface area (Å²) in [5.74, 6) is 0.421. The number of urea groups is 1. The highest BCUT2D eigenvalue weighted by molar-refractivity contribution is 7.09. The van der Waals surface area contributed by atoms with Gasteiger partial charge in [-0.05, 0) is 12.0 Å². The number of benzene rings is 1. The standard InChI is InChI=1S/C17H21N3O2S/c21-17(19-10-16-18-7-9-23-16)20-8-6-15(11-20)13-22-12-14-4-2-1-3-5-14/h1-5,7,9,15H,6,8,10-13H2,(H,19,21). The van der Waals surface area contributed by atoms with Crippen LogP contribution in [0.3, 0.4) is 0 Å². The zero-order valence-electron chi connectivity index (χ0n) is 13.0. The molecular weight excluding hydrogens is 310 g/mol. The van der Waals surface area contributed by atoms with Crippen LogP contribution >= 0.6 is 11.3 Å². The van der Waals surface area contributed by atoms with Gasteiger partial charge in [0.2, 0.25) is 0 Å². The van der Waals surface area contributed by atoms with Crippen LogP contribution in [0.4, 0.5) is 4.79 Å². The molecular formula is C17H21N3O2S. The Morgan fingerprint density at radius 1 is 1.39 bits per heavy atom. The van der Waals surface area contributed by atoms with E-state index in [1.54, 1.807) is 17.5 Å².